The normalized spacial score (nSPS) is 14.9. The molecule has 0 unspecified atom stereocenters. The van der Waals surface area contributed by atoms with Gasteiger partial charge in [0.25, 0.3) is 11.8 Å². The molecular weight excluding hydrogens is 376 g/mol. The topological polar surface area (TPSA) is 58.6 Å². The van der Waals surface area contributed by atoms with Crippen molar-refractivity contribution in [3.8, 4) is 5.75 Å². The van der Waals surface area contributed by atoms with Crippen LogP contribution in [0.3, 0.4) is 0 Å². The monoisotopic (exact) mass is 400 g/mol. The quantitative estimate of drug-likeness (QED) is 0.698. The zero-order valence-electron chi connectivity index (χ0n) is 17.1. The molecule has 30 heavy (non-hydrogen) atoms. The largest absolute Gasteiger partial charge is 0.497 e. The molecule has 0 fully saturated rings. The smallest absolute Gasteiger partial charge is 0.258 e. The van der Waals surface area contributed by atoms with Crippen molar-refractivity contribution in [2.45, 2.75) is 25.9 Å². The fourth-order valence-corrected chi connectivity index (χ4v) is 3.82. The van der Waals surface area contributed by atoms with E-state index in [9.17, 15) is 9.59 Å². The van der Waals surface area contributed by atoms with E-state index in [4.69, 9.17) is 4.74 Å². The second kappa shape index (κ2) is 8.41. The van der Waals surface area contributed by atoms with Crippen LogP contribution in [0.25, 0.3) is 0 Å². The third-order valence-electron chi connectivity index (χ3n) is 5.41. The number of hydrogen-bond acceptors (Lipinski definition) is 3. The van der Waals surface area contributed by atoms with E-state index in [1.165, 1.54) is 0 Å². The summed E-state index contributed by atoms with van der Waals surface area (Å²) in [6.07, 6.45) is 0.813. The van der Waals surface area contributed by atoms with Crippen LogP contribution in [0, 0.1) is 0 Å². The second-order valence-corrected chi connectivity index (χ2v) is 7.47. The van der Waals surface area contributed by atoms with Crippen LogP contribution in [0.5, 0.6) is 5.75 Å². The van der Waals surface area contributed by atoms with E-state index in [-0.39, 0.29) is 17.9 Å². The molecule has 0 saturated carbocycles. The molecule has 2 amide bonds. The molecule has 1 atom stereocenters. The molecule has 4 rings (SSSR count). The summed E-state index contributed by atoms with van der Waals surface area (Å²) in [6, 6.07) is 22.4. The number of hydrogen-bond donors (Lipinski definition) is 1. The van der Waals surface area contributed by atoms with E-state index < -0.39 is 0 Å². The molecular formula is C25H24N2O3. The molecule has 0 aliphatic carbocycles. The van der Waals surface area contributed by atoms with Gasteiger partial charge in [0.1, 0.15) is 5.75 Å². The Bertz CT molecular complexity index is 1060. The van der Waals surface area contributed by atoms with Gasteiger partial charge in [-0.3, -0.25) is 9.59 Å². The van der Waals surface area contributed by atoms with Gasteiger partial charge in [-0.15, -0.1) is 0 Å². The summed E-state index contributed by atoms with van der Waals surface area (Å²) in [7, 11) is 1.60. The molecule has 3 aromatic rings. The molecule has 5 nitrogen and oxygen atoms in total. The molecule has 0 spiro atoms. The summed E-state index contributed by atoms with van der Waals surface area (Å²) in [4.78, 5) is 27.4. The number of carbonyl (C=O) groups excluding carboxylic acids is 2. The van der Waals surface area contributed by atoms with E-state index in [1.54, 1.807) is 43.5 Å². The maximum atomic E-state index is 13.2. The fourth-order valence-electron chi connectivity index (χ4n) is 3.82. The minimum atomic E-state index is -0.115. The Morgan fingerprint density at radius 2 is 1.73 bits per heavy atom. The maximum absolute atomic E-state index is 13.2. The van der Waals surface area contributed by atoms with E-state index in [2.05, 4.69) is 18.3 Å². The highest BCUT2D eigenvalue weighted by molar-refractivity contribution is 6.07. The number of anilines is 1. The minimum absolute atomic E-state index is 0.0330. The van der Waals surface area contributed by atoms with Crippen molar-refractivity contribution in [3.63, 3.8) is 0 Å². The Morgan fingerprint density at radius 1 is 1.00 bits per heavy atom. The van der Waals surface area contributed by atoms with Crippen LogP contribution in [-0.2, 0) is 13.0 Å². The number of nitrogens with zero attached hydrogens (tertiary/aromatic N) is 1. The number of carbonyl (C=O) groups is 2. The maximum Gasteiger partial charge on any atom is 0.258 e. The average Bonchev–Trinajstić information content (AvgIpc) is 3.12. The zero-order valence-corrected chi connectivity index (χ0v) is 17.1. The first-order valence-corrected chi connectivity index (χ1v) is 9.99. The van der Waals surface area contributed by atoms with Gasteiger partial charge < -0.3 is 15.0 Å². The third-order valence-corrected chi connectivity index (χ3v) is 5.41. The zero-order chi connectivity index (χ0) is 21.1. The number of rotatable bonds is 5. The van der Waals surface area contributed by atoms with E-state index in [0.29, 0.717) is 17.7 Å². The molecule has 1 aliphatic rings. The van der Waals surface area contributed by atoms with Crippen molar-refractivity contribution < 1.29 is 14.3 Å². The van der Waals surface area contributed by atoms with Crippen LogP contribution < -0.4 is 15.0 Å². The molecule has 5 heteroatoms. The van der Waals surface area contributed by atoms with Crippen LogP contribution in [0.1, 0.15) is 38.8 Å². The van der Waals surface area contributed by atoms with Gasteiger partial charge in [-0.2, -0.15) is 0 Å². The Hall–Kier alpha value is -3.60. The molecule has 0 bridgehead atoms. The fraction of sp³-hybridized carbons (Fsp3) is 0.200. The van der Waals surface area contributed by atoms with Crippen LogP contribution >= 0.6 is 0 Å². The van der Waals surface area contributed by atoms with Gasteiger partial charge in [0, 0.05) is 29.4 Å². The predicted molar refractivity (Wildman–Crippen MR) is 117 cm³/mol. The highest BCUT2D eigenvalue weighted by atomic mass is 16.5. The lowest BCUT2D eigenvalue weighted by Gasteiger charge is -2.23. The molecule has 0 saturated heterocycles. The van der Waals surface area contributed by atoms with Gasteiger partial charge in [-0.25, -0.2) is 0 Å². The SMILES string of the molecule is COc1ccc(C(=O)N2c3cc(CNC(=O)c4ccccc4)ccc3C[C@@H]2C)cc1. The molecule has 1 N–H and O–H groups in total. The Kier molecular flexibility index (Phi) is 5.53. The van der Waals surface area contributed by atoms with Gasteiger partial charge >= 0.3 is 0 Å². The molecule has 152 valence electrons. The third kappa shape index (κ3) is 3.92. The van der Waals surface area contributed by atoms with E-state index in [1.807, 2.05) is 35.2 Å². The summed E-state index contributed by atoms with van der Waals surface area (Å²) >= 11 is 0. The molecule has 1 aliphatic heterocycles. The number of ether oxygens (including phenoxy) is 1. The summed E-state index contributed by atoms with van der Waals surface area (Å²) in [5.74, 6) is 0.572. The van der Waals surface area contributed by atoms with Gasteiger partial charge in [0.2, 0.25) is 0 Å². The first kappa shape index (κ1) is 19.7. The lowest BCUT2D eigenvalue weighted by atomic mass is 10.1. The van der Waals surface area contributed by atoms with Crippen molar-refractivity contribution in [2.75, 3.05) is 12.0 Å². The number of amides is 2. The van der Waals surface area contributed by atoms with E-state index in [0.717, 1.165) is 29.0 Å². The first-order valence-electron chi connectivity index (χ1n) is 9.99. The highest BCUT2D eigenvalue weighted by Gasteiger charge is 2.31. The Morgan fingerprint density at radius 3 is 2.43 bits per heavy atom. The van der Waals surface area contributed by atoms with Crippen molar-refractivity contribution in [1.82, 2.24) is 5.32 Å². The first-order chi connectivity index (χ1) is 14.6. The van der Waals surface area contributed by atoms with Gasteiger partial charge in [-0.1, -0.05) is 30.3 Å². The van der Waals surface area contributed by atoms with Gasteiger partial charge in [0.05, 0.1) is 7.11 Å². The number of nitrogens with one attached hydrogen (secondary N) is 1. The second-order valence-electron chi connectivity index (χ2n) is 7.47. The lowest BCUT2D eigenvalue weighted by molar-refractivity contribution is 0.0948. The van der Waals surface area contributed by atoms with Crippen LogP contribution in [0.2, 0.25) is 0 Å². The summed E-state index contributed by atoms with van der Waals surface area (Å²) in [5.41, 5.74) is 4.26. The minimum Gasteiger partial charge on any atom is -0.497 e. The standard InChI is InChI=1S/C25H24N2O3/c1-17-14-21-9-8-18(16-26-24(28)19-6-4-3-5-7-19)15-23(21)27(17)25(29)20-10-12-22(30-2)13-11-20/h3-13,15,17H,14,16H2,1-2H3,(H,26,28)/t17-/m0/s1. The summed E-state index contributed by atoms with van der Waals surface area (Å²) < 4.78 is 5.19. The highest BCUT2D eigenvalue weighted by Crippen LogP contribution is 2.34. The molecule has 0 radical (unpaired) electrons. The Labute approximate surface area is 176 Å². The van der Waals surface area contributed by atoms with Crippen molar-refractivity contribution in [1.29, 1.82) is 0 Å². The summed E-state index contributed by atoms with van der Waals surface area (Å²) in [6.45, 7) is 2.46. The molecule has 1 heterocycles. The number of methoxy groups -OCH3 is 1. The van der Waals surface area contributed by atoms with Crippen molar-refractivity contribution in [3.05, 3.63) is 95.1 Å². The van der Waals surface area contributed by atoms with Gasteiger partial charge in [0.15, 0.2) is 0 Å². The van der Waals surface area contributed by atoms with E-state index >= 15 is 0 Å². The van der Waals surface area contributed by atoms with Crippen LogP contribution in [0.4, 0.5) is 5.69 Å². The average molecular weight is 400 g/mol. The molecule has 0 aromatic heterocycles. The molecule has 3 aromatic carbocycles. The summed E-state index contributed by atoms with van der Waals surface area (Å²) in [5, 5.41) is 2.95. The predicted octanol–water partition coefficient (Wildman–Crippen LogP) is 4.22. The lowest BCUT2D eigenvalue weighted by Crippen LogP contribution is -2.35. The van der Waals surface area contributed by atoms with Gasteiger partial charge in [-0.05, 0) is 66.9 Å². The van der Waals surface area contributed by atoms with Crippen LogP contribution in [-0.4, -0.2) is 25.0 Å². The van der Waals surface area contributed by atoms with Crippen molar-refractivity contribution in [2.24, 2.45) is 0 Å². The number of benzene rings is 3. The van der Waals surface area contributed by atoms with Crippen LogP contribution in [0.15, 0.2) is 72.8 Å². The Balaban J connectivity index is 1.53. The number of fused-ring (bicyclic) bond motifs is 1. The van der Waals surface area contributed by atoms with Crippen molar-refractivity contribution >= 4 is 17.5 Å².